The molecule has 2 rings (SSSR count). The molecule has 15 heavy (non-hydrogen) atoms. The predicted octanol–water partition coefficient (Wildman–Crippen LogP) is 2.11. The molecule has 0 fully saturated rings. The Bertz CT molecular complexity index is 453. The monoisotopic (exact) mass is 200 g/mol. The fraction of sp³-hybridized carbons (Fsp3) is 0.0909. The molecule has 0 unspecified atom stereocenters. The van der Waals surface area contributed by atoms with Crippen LogP contribution in [0.4, 0.5) is 17.5 Å². The van der Waals surface area contributed by atoms with Gasteiger partial charge >= 0.3 is 0 Å². The lowest BCUT2D eigenvalue weighted by atomic mass is 10.3. The first-order valence-corrected chi connectivity index (χ1v) is 4.67. The van der Waals surface area contributed by atoms with Crippen LogP contribution in [0.1, 0.15) is 5.56 Å². The van der Waals surface area contributed by atoms with E-state index < -0.39 is 0 Å². The van der Waals surface area contributed by atoms with E-state index in [1.807, 2.05) is 37.3 Å². The normalized spacial score (nSPS) is 9.93. The van der Waals surface area contributed by atoms with Crippen molar-refractivity contribution in [2.45, 2.75) is 6.92 Å². The Morgan fingerprint density at radius 3 is 2.67 bits per heavy atom. The van der Waals surface area contributed by atoms with E-state index in [1.54, 1.807) is 6.20 Å². The fourth-order valence-electron chi connectivity index (χ4n) is 1.24. The number of benzene rings is 1. The molecule has 1 aromatic heterocycles. The average molecular weight is 200 g/mol. The molecule has 4 nitrogen and oxygen atoms in total. The van der Waals surface area contributed by atoms with Gasteiger partial charge in [-0.1, -0.05) is 18.2 Å². The van der Waals surface area contributed by atoms with Gasteiger partial charge in [0.15, 0.2) is 0 Å². The summed E-state index contributed by atoms with van der Waals surface area (Å²) in [5.41, 5.74) is 7.47. The third-order valence-electron chi connectivity index (χ3n) is 2.03. The topological polar surface area (TPSA) is 63.8 Å². The minimum atomic E-state index is 0.277. The number of aromatic nitrogens is 2. The van der Waals surface area contributed by atoms with Crippen LogP contribution in [0, 0.1) is 6.92 Å². The summed E-state index contributed by atoms with van der Waals surface area (Å²) in [5.74, 6) is 1.02. The van der Waals surface area contributed by atoms with E-state index in [0.29, 0.717) is 0 Å². The summed E-state index contributed by atoms with van der Waals surface area (Å²) >= 11 is 0. The van der Waals surface area contributed by atoms with Crippen LogP contribution in [0.25, 0.3) is 0 Å². The van der Waals surface area contributed by atoms with E-state index in [2.05, 4.69) is 15.3 Å². The van der Waals surface area contributed by atoms with Gasteiger partial charge in [0.25, 0.3) is 0 Å². The van der Waals surface area contributed by atoms with Crippen LogP contribution >= 0.6 is 0 Å². The minimum absolute atomic E-state index is 0.277. The Kier molecular flexibility index (Phi) is 2.49. The molecule has 0 aliphatic rings. The fourth-order valence-corrected chi connectivity index (χ4v) is 1.24. The summed E-state index contributed by atoms with van der Waals surface area (Å²) in [6.07, 6.45) is 1.70. The van der Waals surface area contributed by atoms with Gasteiger partial charge in [-0.05, 0) is 19.1 Å². The number of hydrogen-bond donors (Lipinski definition) is 2. The van der Waals surface area contributed by atoms with Gasteiger partial charge in [0.05, 0.1) is 0 Å². The first kappa shape index (κ1) is 9.45. The summed E-state index contributed by atoms with van der Waals surface area (Å²) in [7, 11) is 0. The molecule has 3 N–H and O–H groups in total. The van der Waals surface area contributed by atoms with Gasteiger partial charge in [0.1, 0.15) is 5.82 Å². The number of nitrogens with one attached hydrogen (secondary N) is 1. The number of anilines is 3. The highest BCUT2D eigenvalue weighted by molar-refractivity contribution is 5.59. The van der Waals surface area contributed by atoms with Crippen molar-refractivity contribution in [1.29, 1.82) is 0 Å². The van der Waals surface area contributed by atoms with Crippen molar-refractivity contribution < 1.29 is 0 Å². The van der Waals surface area contributed by atoms with Crippen molar-refractivity contribution in [2.75, 3.05) is 11.1 Å². The number of nitrogens with two attached hydrogens (primary N) is 1. The summed E-state index contributed by atoms with van der Waals surface area (Å²) < 4.78 is 0. The molecule has 1 aromatic carbocycles. The van der Waals surface area contributed by atoms with Crippen LogP contribution in [-0.2, 0) is 0 Å². The molecule has 0 aliphatic heterocycles. The largest absolute Gasteiger partial charge is 0.368 e. The minimum Gasteiger partial charge on any atom is -0.368 e. The molecule has 1 heterocycles. The van der Waals surface area contributed by atoms with E-state index in [-0.39, 0.29) is 5.95 Å². The zero-order valence-corrected chi connectivity index (χ0v) is 8.44. The van der Waals surface area contributed by atoms with Crippen molar-refractivity contribution in [3.63, 3.8) is 0 Å². The third-order valence-corrected chi connectivity index (χ3v) is 2.03. The Morgan fingerprint density at radius 2 is 1.93 bits per heavy atom. The summed E-state index contributed by atoms with van der Waals surface area (Å²) in [5, 5.41) is 3.18. The van der Waals surface area contributed by atoms with Gasteiger partial charge in [0, 0.05) is 17.4 Å². The number of rotatable bonds is 2. The van der Waals surface area contributed by atoms with Crippen molar-refractivity contribution in [3.8, 4) is 0 Å². The summed E-state index contributed by atoms with van der Waals surface area (Å²) in [6.45, 7) is 1.94. The van der Waals surface area contributed by atoms with Gasteiger partial charge < -0.3 is 11.1 Å². The molecule has 0 saturated heterocycles. The smallest absolute Gasteiger partial charge is 0.221 e. The van der Waals surface area contributed by atoms with Gasteiger partial charge in [-0.25, -0.2) is 4.98 Å². The summed E-state index contributed by atoms with van der Waals surface area (Å²) in [4.78, 5) is 8.03. The SMILES string of the molecule is Cc1cnc(N)nc1Nc1ccccc1. The van der Waals surface area contributed by atoms with Crippen molar-refractivity contribution >= 4 is 17.5 Å². The molecular weight excluding hydrogens is 188 g/mol. The second-order valence-corrected chi connectivity index (χ2v) is 3.25. The first-order valence-electron chi connectivity index (χ1n) is 4.67. The van der Waals surface area contributed by atoms with E-state index >= 15 is 0 Å². The number of nitrogen functional groups attached to an aromatic ring is 1. The van der Waals surface area contributed by atoms with Crippen molar-refractivity contribution in [1.82, 2.24) is 9.97 Å². The lowest BCUT2D eigenvalue weighted by Crippen LogP contribution is -2.01. The van der Waals surface area contributed by atoms with E-state index in [4.69, 9.17) is 5.73 Å². The molecule has 2 aromatic rings. The number of nitrogens with zero attached hydrogens (tertiary/aromatic N) is 2. The maximum Gasteiger partial charge on any atom is 0.221 e. The molecule has 0 bridgehead atoms. The van der Waals surface area contributed by atoms with Crippen LogP contribution < -0.4 is 11.1 Å². The highest BCUT2D eigenvalue weighted by Crippen LogP contribution is 2.17. The molecule has 0 saturated carbocycles. The molecule has 76 valence electrons. The molecule has 4 heteroatoms. The van der Waals surface area contributed by atoms with E-state index in [1.165, 1.54) is 0 Å². The predicted molar refractivity (Wildman–Crippen MR) is 60.9 cm³/mol. The van der Waals surface area contributed by atoms with Gasteiger partial charge in [-0.2, -0.15) is 4.98 Å². The van der Waals surface area contributed by atoms with Gasteiger partial charge in [-0.15, -0.1) is 0 Å². The van der Waals surface area contributed by atoms with Crippen LogP contribution in [-0.4, -0.2) is 9.97 Å². The Balaban J connectivity index is 2.28. The standard InChI is InChI=1S/C11H12N4/c1-8-7-13-11(12)15-10(8)14-9-5-3-2-4-6-9/h2-7H,1H3,(H3,12,13,14,15). The first-order chi connectivity index (χ1) is 7.25. The second-order valence-electron chi connectivity index (χ2n) is 3.25. The van der Waals surface area contributed by atoms with E-state index in [0.717, 1.165) is 17.1 Å². The highest BCUT2D eigenvalue weighted by Gasteiger charge is 2.01. The quantitative estimate of drug-likeness (QED) is 0.779. The van der Waals surface area contributed by atoms with Crippen molar-refractivity contribution in [2.24, 2.45) is 0 Å². The summed E-state index contributed by atoms with van der Waals surface area (Å²) in [6, 6.07) is 9.83. The average Bonchev–Trinajstić information content (AvgIpc) is 2.25. The zero-order chi connectivity index (χ0) is 10.7. The maximum absolute atomic E-state index is 5.52. The van der Waals surface area contributed by atoms with Crippen LogP contribution in [0.5, 0.6) is 0 Å². The Labute approximate surface area is 88.2 Å². The molecule has 0 radical (unpaired) electrons. The number of aryl methyl sites for hydroxylation is 1. The Morgan fingerprint density at radius 1 is 1.20 bits per heavy atom. The van der Waals surface area contributed by atoms with Crippen molar-refractivity contribution in [3.05, 3.63) is 42.1 Å². The molecule has 0 spiro atoms. The molecule has 0 amide bonds. The van der Waals surface area contributed by atoms with Gasteiger partial charge in [-0.3, -0.25) is 0 Å². The van der Waals surface area contributed by atoms with Crippen LogP contribution in [0.15, 0.2) is 36.5 Å². The Hall–Kier alpha value is -2.10. The number of hydrogen-bond acceptors (Lipinski definition) is 4. The molecular formula is C11H12N4. The molecule has 0 aliphatic carbocycles. The lowest BCUT2D eigenvalue weighted by Gasteiger charge is -2.07. The van der Waals surface area contributed by atoms with Crippen LogP contribution in [0.3, 0.4) is 0 Å². The molecule has 0 atom stereocenters. The number of para-hydroxylation sites is 1. The van der Waals surface area contributed by atoms with Gasteiger partial charge in [0.2, 0.25) is 5.95 Å². The van der Waals surface area contributed by atoms with Crippen LogP contribution in [0.2, 0.25) is 0 Å². The highest BCUT2D eigenvalue weighted by atomic mass is 15.1. The maximum atomic E-state index is 5.52. The van der Waals surface area contributed by atoms with E-state index in [9.17, 15) is 0 Å². The zero-order valence-electron chi connectivity index (χ0n) is 8.44. The third kappa shape index (κ3) is 2.22. The lowest BCUT2D eigenvalue weighted by molar-refractivity contribution is 1.15. The second kappa shape index (κ2) is 3.96.